The van der Waals surface area contributed by atoms with Gasteiger partial charge in [-0.25, -0.2) is 12.1 Å². The number of alkyl halides is 6. The molecule has 1 aromatic carbocycles. The Morgan fingerprint density at radius 2 is 0.958 bits per heavy atom. The van der Waals surface area contributed by atoms with Gasteiger partial charge in [-0.1, -0.05) is 20.8 Å². The van der Waals surface area contributed by atoms with E-state index in [1.165, 1.54) is 12.1 Å². The molecule has 0 aliphatic rings. The Morgan fingerprint density at radius 3 is 1.12 bits per heavy atom. The van der Waals surface area contributed by atoms with Crippen molar-refractivity contribution in [1.82, 2.24) is 0 Å². The van der Waals surface area contributed by atoms with E-state index in [1.54, 1.807) is 20.8 Å². The van der Waals surface area contributed by atoms with Crippen LogP contribution in [0.25, 0.3) is 17.2 Å². The zero-order valence-corrected chi connectivity index (χ0v) is 18.5. The molecule has 24 heavy (non-hydrogen) atoms. The van der Waals surface area contributed by atoms with Crippen LogP contribution >= 0.6 is 0 Å². The van der Waals surface area contributed by atoms with Crippen molar-refractivity contribution < 1.29 is 52.2 Å². The molecule has 1 aromatic rings. The quantitative estimate of drug-likeness (QED) is 0.266. The van der Waals surface area contributed by atoms with E-state index >= 15 is 0 Å². The maximum atomic E-state index is 12.1. The minimum absolute atomic E-state index is 0. The van der Waals surface area contributed by atoms with Crippen molar-refractivity contribution in [2.24, 2.45) is 0 Å². The Balaban J connectivity index is -0.000000169. The average Bonchev–Trinajstić information content (AvgIpc) is 2.81. The molecule has 1 rings (SSSR count). The predicted molar refractivity (Wildman–Crippen MR) is 85.5 cm³/mol. The van der Waals surface area contributed by atoms with Crippen LogP contribution in [0.2, 0.25) is 0 Å². The third-order valence-electron chi connectivity index (χ3n) is 1.68. The Kier molecular flexibility index (Phi) is 23.4. The summed E-state index contributed by atoms with van der Waals surface area (Å²) in [6.07, 6.45) is 0. The fraction of sp³-hybridized carbons (Fsp3) is 0.615. The van der Waals surface area contributed by atoms with Crippen molar-refractivity contribution in [2.45, 2.75) is 32.4 Å². The Labute approximate surface area is 159 Å². The third-order valence-corrected chi connectivity index (χ3v) is 4.04. The van der Waals surface area contributed by atoms with Crippen molar-refractivity contribution >= 4 is 14.0 Å². The molecule has 0 unspecified atom stereocenters. The molecule has 0 aromatic heterocycles. The summed E-state index contributed by atoms with van der Waals surface area (Å²) in [7, 11) is -4.92. The molecule has 0 heterocycles. The van der Waals surface area contributed by atoms with E-state index in [-0.39, 0.29) is 25.8 Å². The van der Waals surface area contributed by atoms with Crippen molar-refractivity contribution in [3.05, 3.63) is 41.5 Å². The summed E-state index contributed by atoms with van der Waals surface area (Å²) in [4.78, 5) is 0. The van der Waals surface area contributed by atoms with Crippen LogP contribution in [0.4, 0.5) is 26.3 Å². The molecule has 0 atom stereocenters. The second kappa shape index (κ2) is 17.7. The van der Waals surface area contributed by atoms with Crippen LogP contribution in [0.5, 0.6) is 0 Å². The van der Waals surface area contributed by atoms with Gasteiger partial charge in [-0.2, -0.15) is 58.1 Å². The first-order valence-corrected chi connectivity index (χ1v) is 8.49. The molecular weight excluding hydrogens is 519 g/mol. The van der Waals surface area contributed by atoms with E-state index in [4.69, 9.17) is 17.2 Å². The molecule has 0 spiro atoms. The summed E-state index contributed by atoms with van der Waals surface area (Å²) in [5, 5.41) is -0.634. The first-order chi connectivity index (χ1) is 10.5. The average molecular weight is 542 g/mol. The van der Waals surface area contributed by atoms with Gasteiger partial charge < -0.3 is 17.2 Å². The Bertz CT molecular complexity index is 326. The molecule has 11 heteroatoms. The van der Waals surface area contributed by atoms with Gasteiger partial charge in [0.15, 0.2) is 0 Å². The molecule has 0 radical (unpaired) electrons. The molecule has 140 valence electrons. The summed E-state index contributed by atoms with van der Waals surface area (Å²) in [5.74, 6) is -10.3. The van der Waals surface area contributed by atoms with E-state index in [1.807, 2.05) is 0 Å². The molecule has 3 N–H and O–H groups in total. The third kappa shape index (κ3) is 18.2. The normalized spacial score (nSPS) is 10.2. The van der Waals surface area contributed by atoms with Crippen LogP contribution in [0.3, 0.4) is 0 Å². The second-order valence-electron chi connectivity index (χ2n) is 3.80. The molecule has 0 amide bonds. The molecular formula is C13H23F6HfN3Si. The van der Waals surface area contributed by atoms with Crippen molar-refractivity contribution in [3.63, 3.8) is 0 Å². The van der Waals surface area contributed by atoms with E-state index in [2.05, 4.69) is 0 Å². The fourth-order valence-corrected chi connectivity index (χ4v) is 2.88. The molecule has 0 saturated heterocycles. The maximum Gasteiger partial charge on any atom is 4.00 e. The van der Waals surface area contributed by atoms with Crippen molar-refractivity contribution in [3.8, 4) is 0 Å². The van der Waals surface area contributed by atoms with E-state index in [9.17, 15) is 26.3 Å². The van der Waals surface area contributed by atoms with Crippen LogP contribution in [-0.4, -0.2) is 40.0 Å². The largest absolute Gasteiger partial charge is 4.00 e. The van der Waals surface area contributed by atoms with Crippen LogP contribution < -0.4 is 5.19 Å². The standard InChI is InChI=1S/C7H5F6Si.3C2H6N.Hf/c8-6(9,10)14(7(11,12)13)5-3-1-2-4-5;3*1-2-3;/h1-4,14H;3*3H,2H2,1H3;/q4*-1;+4. The monoisotopic (exact) mass is 543 g/mol. The molecule has 0 aliphatic carbocycles. The molecule has 0 fully saturated rings. The summed E-state index contributed by atoms with van der Waals surface area (Å²) in [6, 6.07) is 4.09. The zero-order valence-electron chi connectivity index (χ0n) is 13.8. The van der Waals surface area contributed by atoms with Gasteiger partial charge in [0.2, 0.25) is 0 Å². The Morgan fingerprint density at radius 1 is 0.750 bits per heavy atom. The summed E-state index contributed by atoms with van der Waals surface area (Å²) < 4.78 is 72.7. The number of halogens is 6. The molecule has 0 bridgehead atoms. The molecule has 0 aliphatic heterocycles. The predicted octanol–water partition coefficient (Wildman–Crippen LogP) is 5.22. The summed E-state index contributed by atoms with van der Waals surface area (Å²) in [6.45, 7) is 6.88. The van der Waals surface area contributed by atoms with E-state index in [0.717, 1.165) is 12.1 Å². The minimum Gasteiger partial charge on any atom is -0.678 e. The van der Waals surface area contributed by atoms with Gasteiger partial charge in [0.1, 0.15) is 0 Å². The van der Waals surface area contributed by atoms with Gasteiger partial charge in [0, 0.05) is 0 Å². The maximum absolute atomic E-state index is 12.1. The minimum atomic E-state index is -5.16. The van der Waals surface area contributed by atoms with Gasteiger partial charge in [-0.3, -0.25) is 0 Å². The number of nitrogens with one attached hydrogen (secondary N) is 3. The second-order valence-corrected chi connectivity index (χ2v) is 6.64. The Hall–Kier alpha value is -0.103. The number of rotatable bonds is 1. The first kappa shape index (κ1) is 31.6. The van der Waals surface area contributed by atoms with Gasteiger partial charge in [0.05, 0.1) is 0 Å². The van der Waals surface area contributed by atoms with Crippen LogP contribution in [-0.2, 0) is 25.8 Å². The van der Waals surface area contributed by atoms with Gasteiger partial charge in [-0.15, -0.1) is 5.19 Å². The van der Waals surface area contributed by atoms with Crippen LogP contribution in [0.1, 0.15) is 20.8 Å². The summed E-state index contributed by atoms with van der Waals surface area (Å²) in [5.41, 5.74) is 18.6. The summed E-state index contributed by atoms with van der Waals surface area (Å²) >= 11 is 0. The number of hydrogen-bond acceptors (Lipinski definition) is 0. The SMILES string of the molecule is CC[NH-].CC[NH-].CC[NH-].FC(F)(F)[SiH]([c-]1cccc1)C(F)(F)F.[Hf+4]. The van der Waals surface area contributed by atoms with Crippen molar-refractivity contribution in [2.75, 3.05) is 19.6 Å². The van der Waals surface area contributed by atoms with Crippen LogP contribution in [0, 0.1) is 0 Å². The number of hydrogen-bond donors (Lipinski definition) is 0. The fourth-order valence-electron chi connectivity index (χ4n) is 1.14. The smallest absolute Gasteiger partial charge is 0.678 e. The zero-order chi connectivity index (χ0) is 19.1. The van der Waals surface area contributed by atoms with Gasteiger partial charge >= 0.3 is 37.4 Å². The van der Waals surface area contributed by atoms with E-state index < -0.39 is 25.6 Å². The molecule has 3 nitrogen and oxygen atoms in total. The molecule has 0 saturated carbocycles. The van der Waals surface area contributed by atoms with Gasteiger partial charge in [-0.05, 0) is 0 Å². The first-order valence-electron chi connectivity index (χ1n) is 6.76. The van der Waals surface area contributed by atoms with Crippen molar-refractivity contribution in [1.29, 1.82) is 0 Å². The van der Waals surface area contributed by atoms with Crippen LogP contribution in [0.15, 0.2) is 24.3 Å². The topological polar surface area (TPSA) is 71.4 Å². The van der Waals surface area contributed by atoms with Gasteiger partial charge in [0.25, 0.3) is 8.80 Å². The van der Waals surface area contributed by atoms with E-state index in [0.29, 0.717) is 19.6 Å².